The van der Waals surface area contributed by atoms with Crippen molar-refractivity contribution in [3.63, 3.8) is 0 Å². The Bertz CT molecular complexity index is 529. The first-order valence-corrected chi connectivity index (χ1v) is 6.55. The highest BCUT2D eigenvalue weighted by atomic mass is 19.1. The number of amides is 1. The Morgan fingerprint density at radius 3 is 2.25 bits per heavy atom. The maximum Gasteiger partial charge on any atom is 0.494 e. The van der Waals surface area contributed by atoms with Crippen molar-refractivity contribution in [2.45, 2.75) is 45.3 Å². The van der Waals surface area contributed by atoms with E-state index in [1.54, 1.807) is 12.1 Å². The fourth-order valence-corrected chi connectivity index (χ4v) is 2.02. The summed E-state index contributed by atoms with van der Waals surface area (Å²) in [7, 11) is -0.614. The van der Waals surface area contributed by atoms with Crippen molar-refractivity contribution in [3.8, 4) is 0 Å². The lowest BCUT2D eigenvalue weighted by atomic mass is 9.78. The van der Waals surface area contributed by atoms with Crippen LogP contribution < -0.4 is 11.2 Å². The smallest absolute Gasteiger partial charge is 0.399 e. The van der Waals surface area contributed by atoms with Crippen molar-refractivity contribution in [3.05, 3.63) is 29.6 Å². The van der Waals surface area contributed by atoms with Gasteiger partial charge in [0, 0.05) is 0 Å². The van der Waals surface area contributed by atoms with Crippen LogP contribution in [0.1, 0.15) is 33.3 Å². The quantitative estimate of drug-likeness (QED) is 0.844. The molecule has 1 aromatic carbocycles. The zero-order valence-corrected chi connectivity index (χ0v) is 12.2. The van der Waals surface area contributed by atoms with Crippen molar-refractivity contribution in [1.29, 1.82) is 0 Å². The first-order valence-electron chi connectivity index (χ1n) is 6.55. The van der Waals surface area contributed by atoms with Crippen molar-refractivity contribution in [2.75, 3.05) is 0 Å². The van der Waals surface area contributed by atoms with Crippen LogP contribution >= 0.6 is 0 Å². The number of rotatable bonds is 3. The molecule has 0 aromatic heterocycles. The standard InChI is InChI=1S/C14H19BFNO3/c1-13(2)14(3,4)20-15(19-13)10-6-5-9(7-12(17)18)11(16)8-10/h5-6,8H,7H2,1-4H3,(H2,17,18). The molecule has 1 fully saturated rings. The van der Waals surface area contributed by atoms with Gasteiger partial charge in [-0.05, 0) is 44.8 Å². The van der Waals surface area contributed by atoms with Crippen molar-refractivity contribution in [2.24, 2.45) is 5.73 Å². The Balaban J connectivity index is 2.24. The number of primary amides is 1. The van der Waals surface area contributed by atoms with E-state index >= 15 is 0 Å². The molecule has 1 aliphatic rings. The van der Waals surface area contributed by atoms with Crippen LogP contribution in [0.2, 0.25) is 0 Å². The van der Waals surface area contributed by atoms with Gasteiger partial charge in [-0.25, -0.2) is 4.39 Å². The number of carbonyl (C=O) groups excluding carboxylic acids is 1. The minimum atomic E-state index is -0.614. The second-order valence-corrected chi connectivity index (χ2v) is 6.08. The van der Waals surface area contributed by atoms with Crippen LogP contribution in [-0.2, 0) is 20.5 Å². The fourth-order valence-electron chi connectivity index (χ4n) is 2.02. The summed E-state index contributed by atoms with van der Waals surface area (Å²) in [5.41, 5.74) is 4.99. The third-order valence-electron chi connectivity index (χ3n) is 3.97. The first-order chi connectivity index (χ1) is 9.12. The normalized spacial score (nSPS) is 20.1. The lowest BCUT2D eigenvalue weighted by molar-refractivity contribution is -0.117. The van der Waals surface area contributed by atoms with E-state index in [1.807, 2.05) is 27.7 Å². The van der Waals surface area contributed by atoms with E-state index in [-0.39, 0.29) is 12.0 Å². The number of nitrogens with two attached hydrogens (primary N) is 1. The summed E-state index contributed by atoms with van der Waals surface area (Å²) in [4.78, 5) is 10.8. The number of benzene rings is 1. The van der Waals surface area contributed by atoms with Gasteiger partial charge in [0.05, 0.1) is 17.6 Å². The molecule has 0 saturated carbocycles. The van der Waals surface area contributed by atoms with Crippen LogP contribution in [0.15, 0.2) is 18.2 Å². The largest absolute Gasteiger partial charge is 0.494 e. The second kappa shape index (κ2) is 4.86. The third kappa shape index (κ3) is 2.71. The highest BCUT2D eigenvalue weighted by Gasteiger charge is 2.51. The summed E-state index contributed by atoms with van der Waals surface area (Å²) in [6.07, 6.45) is -0.116. The average Bonchev–Trinajstić information content (AvgIpc) is 2.50. The number of hydrogen-bond acceptors (Lipinski definition) is 3. The molecule has 0 spiro atoms. The van der Waals surface area contributed by atoms with Gasteiger partial charge in [-0.15, -0.1) is 0 Å². The lowest BCUT2D eigenvalue weighted by Crippen LogP contribution is -2.41. The Hall–Kier alpha value is -1.40. The average molecular weight is 279 g/mol. The SMILES string of the molecule is CC1(C)OB(c2ccc(CC(N)=O)c(F)c2)OC1(C)C. The van der Waals surface area contributed by atoms with Crippen molar-refractivity contribution < 1.29 is 18.5 Å². The van der Waals surface area contributed by atoms with Crippen molar-refractivity contribution in [1.82, 2.24) is 0 Å². The van der Waals surface area contributed by atoms with Crippen LogP contribution in [0, 0.1) is 5.82 Å². The van der Waals surface area contributed by atoms with Gasteiger partial charge in [0.25, 0.3) is 0 Å². The Morgan fingerprint density at radius 2 is 1.80 bits per heavy atom. The van der Waals surface area contributed by atoms with E-state index < -0.39 is 30.0 Å². The lowest BCUT2D eigenvalue weighted by Gasteiger charge is -2.32. The van der Waals surface area contributed by atoms with E-state index in [9.17, 15) is 9.18 Å². The molecule has 0 bridgehead atoms. The molecule has 20 heavy (non-hydrogen) atoms. The highest BCUT2D eigenvalue weighted by Crippen LogP contribution is 2.36. The van der Waals surface area contributed by atoms with Crippen molar-refractivity contribution >= 4 is 18.5 Å². The molecule has 4 nitrogen and oxygen atoms in total. The summed E-state index contributed by atoms with van der Waals surface area (Å²) in [5, 5.41) is 0. The molecule has 1 aliphatic heterocycles. The van der Waals surface area contributed by atoms with E-state index in [4.69, 9.17) is 15.0 Å². The maximum atomic E-state index is 13.9. The summed E-state index contributed by atoms with van der Waals surface area (Å²) in [6, 6.07) is 4.57. The molecule has 1 amide bonds. The molecule has 2 rings (SSSR count). The molecule has 1 aromatic rings. The van der Waals surface area contributed by atoms with E-state index in [2.05, 4.69) is 0 Å². The molecule has 108 valence electrons. The monoisotopic (exact) mass is 279 g/mol. The van der Waals surface area contributed by atoms with Crippen LogP contribution in [0.4, 0.5) is 4.39 Å². The molecule has 1 saturated heterocycles. The third-order valence-corrected chi connectivity index (χ3v) is 3.97. The second-order valence-electron chi connectivity index (χ2n) is 6.08. The molecule has 2 N–H and O–H groups in total. The van der Waals surface area contributed by atoms with Gasteiger partial charge < -0.3 is 15.0 Å². The Labute approximate surface area is 118 Å². The van der Waals surface area contributed by atoms with Gasteiger partial charge >= 0.3 is 7.12 Å². The van der Waals surface area contributed by atoms with Crippen LogP contribution in [0.25, 0.3) is 0 Å². The molecule has 0 radical (unpaired) electrons. The number of carbonyl (C=O) groups is 1. The first kappa shape index (κ1) is 15.0. The molecular formula is C14H19BFNO3. The van der Waals surface area contributed by atoms with Gasteiger partial charge in [0.1, 0.15) is 5.82 Å². The van der Waals surface area contributed by atoms with E-state index in [1.165, 1.54) is 6.07 Å². The predicted molar refractivity (Wildman–Crippen MR) is 75.0 cm³/mol. The molecule has 0 atom stereocenters. The fraction of sp³-hybridized carbons (Fsp3) is 0.500. The minimum absolute atomic E-state index is 0.116. The molecule has 6 heteroatoms. The summed E-state index contributed by atoms with van der Waals surface area (Å²) in [5.74, 6) is -1.04. The molecule has 0 unspecified atom stereocenters. The van der Waals surface area contributed by atoms with Crippen LogP contribution in [0.3, 0.4) is 0 Å². The van der Waals surface area contributed by atoms with Gasteiger partial charge in [-0.3, -0.25) is 4.79 Å². The minimum Gasteiger partial charge on any atom is -0.399 e. The molecule has 1 heterocycles. The number of halogens is 1. The Morgan fingerprint density at radius 1 is 1.25 bits per heavy atom. The van der Waals surface area contributed by atoms with E-state index in [0.717, 1.165) is 0 Å². The van der Waals surface area contributed by atoms with Crippen LogP contribution in [0.5, 0.6) is 0 Å². The predicted octanol–water partition coefficient (Wildman–Crippen LogP) is 1.15. The van der Waals surface area contributed by atoms with Crippen LogP contribution in [-0.4, -0.2) is 24.2 Å². The summed E-state index contributed by atoms with van der Waals surface area (Å²) in [6.45, 7) is 7.74. The highest BCUT2D eigenvalue weighted by molar-refractivity contribution is 6.62. The zero-order valence-electron chi connectivity index (χ0n) is 12.2. The maximum absolute atomic E-state index is 13.9. The summed E-state index contributed by atoms with van der Waals surface area (Å²) >= 11 is 0. The Kier molecular flexibility index (Phi) is 3.65. The zero-order chi connectivity index (χ0) is 15.1. The molecule has 0 aliphatic carbocycles. The van der Waals surface area contributed by atoms with Gasteiger partial charge in [0.2, 0.25) is 5.91 Å². The van der Waals surface area contributed by atoms with Gasteiger partial charge in [-0.2, -0.15) is 0 Å². The van der Waals surface area contributed by atoms with Gasteiger partial charge in [0.15, 0.2) is 0 Å². The van der Waals surface area contributed by atoms with Gasteiger partial charge in [-0.1, -0.05) is 12.1 Å². The molecular weight excluding hydrogens is 260 g/mol. The summed E-state index contributed by atoms with van der Waals surface area (Å²) < 4.78 is 25.6. The topological polar surface area (TPSA) is 61.5 Å². The van der Waals surface area contributed by atoms with E-state index in [0.29, 0.717) is 5.46 Å². The number of hydrogen-bond donors (Lipinski definition) is 1.